The maximum absolute atomic E-state index is 10.9. The Kier molecular flexibility index (Phi) is 4.00. The lowest BCUT2D eigenvalue weighted by atomic mass is 9.95. The zero-order valence-electron chi connectivity index (χ0n) is 8.90. The number of carbonyl (C=O) groups is 1. The lowest BCUT2D eigenvalue weighted by Gasteiger charge is -2.07. The van der Waals surface area contributed by atoms with Crippen LogP contribution >= 0.6 is 0 Å². The van der Waals surface area contributed by atoms with Gasteiger partial charge in [0.05, 0.1) is 0 Å². The van der Waals surface area contributed by atoms with E-state index in [0.717, 1.165) is 6.29 Å². The second-order valence-electron chi connectivity index (χ2n) is 3.14. The van der Waals surface area contributed by atoms with Crippen molar-refractivity contribution >= 4 is 11.9 Å². The van der Waals surface area contributed by atoms with Gasteiger partial charge < -0.3 is 0 Å². The molecule has 1 aromatic carbocycles. The highest BCUT2D eigenvalue weighted by molar-refractivity contribution is 5.88. The van der Waals surface area contributed by atoms with Crippen LogP contribution in [0.1, 0.15) is 29.3 Å². The van der Waals surface area contributed by atoms with Gasteiger partial charge in [-0.15, -0.1) is 0 Å². The van der Waals surface area contributed by atoms with Crippen molar-refractivity contribution in [1.82, 2.24) is 0 Å². The standard InChI is InChI=1S/C13H10N2O/c1-2-12(11(7-14)8-15)13-6-4-3-5-10(13)9-16/h3-6,9H,2H2,1H3. The predicted molar refractivity (Wildman–Crippen MR) is 60.3 cm³/mol. The summed E-state index contributed by atoms with van der Waals surface area (Å²) in [5.41, 5.74) is 1.85. The van der Waals surface area contributed by atoms with Crippen molar-refractivity contribution < 1.29 is 4.79 Å². The first kappa shape index (κ1) is 11.7. The van der Waals surface area contributed by atoms with Crippen molar-refractivity contribution in [2.24, 2.45) is 0 Å². The Morgan fingerprint density at radius 3 is 2.44 bits per heavy atom. The van der Waals surface area contributed by atoms with Crippen LogP contribution in [0, 0.1) is 22.7 Å². The van der Waals surface area contributed by atoms with Crippen LogP contribution in [0.25, 0.3) is 5.57 Å². The van der Waals surface area contributed by atoms with Crippen LogP contribution in [0.15, 0.2) is 29.8 Å². The second kappa shape index (κ2) is 5.48. The molecule has 0 heterocycles. The third-order valence-corrected chi connectivity index (χ3v) is 2.29. The van der Waals surface area contributed by atoms with Gasteiger partial charge in [0, 0.05) is 5.56 Å². The van der Waals surface area contributed by atoms with Crippen LogP contribution in [-0.2, 0) is 0 Å². The fourth-order valence-corrected chi connectivity index (χ4v) is 1.54. The molecule has 0 atom stereocenters. The Labute approximate surface area is 94.2 Å². The molecule has 16 heavy (non-hydrogen) atoms. The molecule has 78 valence electrons. The summed E-state index contributed by atoms with van der Waals surface area (Å²) in [5, 5.41) is 17.7. The van der Waals surface area contributed by atoms with Gasteiger partial charge in [-0.3, -0.25) is 4.79 Å². The first-order valence-electron chi connectivity index (χ1n) is 4.86. The SMILES string of the molecule is CCC(=C(C#N)C#N)c1ccccc1C=O. The van der Waals surface area contributed by atoms with Gasteiger partial charge in [-0.1, -0.05) is 31.2 Å². The lowest BCUT2D eigenvalue weighted by Crippen LogP contribution is -1.94. The van der Waals surface area contributed by atoms with Crippen LogP contribution in [-0.4, -0.2) is 6.29 Å². The summed E-state index contributed by atoms with van der Waals surface area (Å²) in [7, 11) is 0. The second-order valence-corrected chi connectivity index (χ2v) is 3.14. The predicted octanol–water partition coefficient (Wildman–Crippen LogP) is 2.71. The number of carbonyl (C=O) groups excluding carboxylic acids is 1. The molecule has 0 bridgehead atoms. The largest absolute Gasteiger partial charge is 0.298 e. The van der Waals surface area contributed by atoms with Crippen LogP contribution in [0.3, 0.4) is 0 Å². The van der Waals surface area contributed by atoms with Gasteiger partial charge in [0.25, 0.3) is 0 Å². The zero-order valence-corrected chi connectivity index (χ0v) is 8.90. The molecule has 3 nitrogen and oxygen atoms in total. The van der Waals surface area contributed by atoms with E-state index in [-0.39, 0.29) is 5.57 Å². The summed E-state index contributed by atoms with van der Waals surface area (Å²) in [6, 6.07) is 10.7. The van der Waals surface area contributed by atoms with E-state index in [1.807, 2.05) is 19.1 Å². The van der Waals surface area contributed by atoms with E-state index in [1.165, 1.54) is 0 Å². The van der Waals surface area contributed by atoms with E-state index < -0.39 is 0 Å². The summed E-state index contributed by atoms with van der Waals surface area (Å²) >= 11 is 0. The Bertz CT molecular complexity index is 499. The molecule has 0 aliphatic heterocycles. The lowest BCUT2D eigenvalue weighted by molar-refractivity contribution is 0.112. The quantitative estimate of drug-likeness (QED) is 0.569. The number of nitrogens with zero attached hydrogens (tertiary/aromatic N) is 2. The summed E-state index contributed by atoms with van der Waals surface area (Å²) in [6.07, 6.45) is 1.28. The van der Waals surface area contributed by atoms with Gasteiger partial charge >= 0.3 is 0 Å². The molecule has 0 radical (unpaired) electrons. The number of aldehydes is 1. The minimum absolute atomic E-state index is 0.0665. The highest BCUT2D eigenvalue weighted by atomic mass is 16.1. The van der Waals surface area contributed by atoms with Crippen LogP contribution in [0.2, 0.25) is 0 Å². The van der Waals surface area contributed by atoms with E-state index in [1.54, 1.807) is 24.3 Å². The number of nitriles is 2. The third-order valence-electron chi connectivity index (χ3n) is 2.29. The van der Waals surface area contributed by atoms with E-state index in [2.05, 4.69) is 0 Å². The van der Waals surface area contributed by atoms with Gasteiger partial charge in [-0.05, 0) is 17.6 Å². The average molecular weight is 210 g/mol. The number of rotatable bonds is 3. The first-order valence-corrected chi connectivity index (χ1v) is 4.86. The summed E-state index contributed by atoms with van der Waals surface area (Å²) in [4.78, 5) is 10.9. The summed E-state index contributed by atoms with van der Waals surface area (Å²) in [6.45, 7) is 1.85. The highest BCUT2D eigenvalue weighted by Gasteiger charge is 2.10. The number of hydrogen-bond acceptors (Lipinski definition) is 3. The first-order chi connectivity index (χ1) is 7.78. The molecule has 1 aromatic rings. The molecule has 0 aliphatic rings. The van der Waals surface area contributed by atoms with Crippen LogP contribution in [0.5, 0.6) is 0 Å². The topological polar surface area (TPSA) is 64.7 Å². The third kappa shape index (κ3) is 2.16. The molecule has 0 fully saturated rings. The Balaban J connectivity index is 3.48. The van der Waals surface area contributed by atoms with Gasteiger partial charge in [0.15, 0.2) is 6.29 Å². The highest BCUT2D eigenvalue weighted by Crippen LogP contribution is 2.24. The molecular formula is C13H10N2O. The number of benzene rings is 1. The summed E-state index contributed by atoms with van der Waals surface area (Å²) in [5.74, 6) is 0. The molecule has 0 aliphatic carbocycles. The van der Waals surface area contributed by atoms with Gasteiger partial charge in [0.1, 0.15) is 17.7 Å². The maximum atomic E-state index is 10.9. The van der Waals surface area contributed by atoms with Crippen molar-refractivity contribution in [3.8, 4) is 12.1 Å². The van der Waals surface area contributed by atoms with Crippen molar-refractivity contribution in [1.29, 1.82) is 10.5 Å². The summed E-state index contributed by atoms with van der Waals surface area (Å²) < 4.78 is 0. The molecule has 0 saturated heterocycles. The van der Waals surface area contributed by atoms with E-state index in [4.69, 9.17) is 10.5 Å². The molecule has 0 N–H and O–H groups in total. The van der Waals surface area contributed by atoms with Crippen molar-refractivity contribution in [2.45, 2.75) is 13.3 Å². The molecule has 1 rings (SSSR count). The smallest absolute Gasteiger partial charge is 0.150 e. The Morgan fingerprint density at radius 2 is 1.94 bits per heavy atom. The molecule has 0 spiro atoms. The minimum Gasteiger partial charge on any atom is -0.298 e. The van der Waals surface area contributed by atoms with E-state index in [0.29, 0.717) is 23.1 Å². The van der Waals surface area contributed by atoms with Gasteiger partial charge in [0.2, 0.25) is 0 Å². The van der Waals surface area contributed by atoms with Crippen molar-refractivity contribution in [3.63, 3.8) is 0 Å². The molecule has 0 unspecified atom stereocenters. The monoisotopic (exact) mass is 210 g/mol. The molecule has 0 aromatic heterocycles. The van der Waals surface area contributed by atoms with E-state index in [9.17, 15) is 4.79 Å². The van der Waals surface area contributed by atoms with Crippen LogP contribution < -0.4 is 0 Å². The van der Waals surface area contributed by atoms with Gasteiger partial charge in [-0.25, -0.2) is 0 Å². The van der Waals surface area contributed by atoms with Crippen molar-refractivity contribution in [2.75, 3.05) is 0 Å². The zero-order chi connectivity index (χ0) is 12.0. The molecular weight excluding hydrogens is 200 g/mol. The molecule has 0 saturated carbocycles. The van der Waals surface area contributed by atoms with Gasteiger partial charge in [-0.2, -0.15) is 10.5 Å². The Morgan fingerprint density at radius 1 is 1.31 bits per heavy atom. The Hall–Kier alpha value is -2.39. The van der Waals surface area contributed by atoms with Crippen molar-refractivity contribution in [3.05, 3.63) is 41.0 Å². The van der Waals surface area contributed by atoms with E-state index >= 15 is 0 Å². The molecule has 3 heteroatoms. The average Bonchev–Trinajstić information content (AvgIpc) is 2.35. The fraction of sp³-hybridized carbons (Fsp3) is 0.154. The number of hydrogen-bond donors (Lipinski definition) is 0. The normalized spacial score (nSPS) is 8.69. The molecule has 0 amide bonds. The fourth-order valence-electron chi connectivity index (χ4n) is 1.54. The van der Waals surface area contributed by atoms with Crippen LogP contribution in [0.4, 0.5) is 0 Å². The maximum Gasteiger partial charge on any atom is 0.150 e. The minimum atomic E-state index is 0.0665. The number of allylic oxidation sites excluding steroid dienone is 2.